The summed E-state index contributed by atoms with van der Waals surface area (Å²) >= 11 is 0. The van der Waals surface area contributed by atoms with Gasteiger partial charge in [0.05, 0.1) is 77.3 Å². The van der Waals surface area contributed by atoms with Crippen LogP contribution >= 0.6 is 0 Å². The molecule has 0 aromatic heterocycles. The SMILES string of the molecule is COCCO[C@@H]1CC[C@@H](C[C@@H](C)[C@@H]2CC(=O)[C@H](C)C=C(C)[C@@H](OC)[C@@H](OC)C(=O)[C@H](C)C[C@H](C)C=CC=CC=C(C)[C@@H](OCCOCCOC3COC3)C[C@@H]3CC[C@@H](C)[C@@](O)(O3)C(=O)C(=O)N3CCCC[C@H]3C(=O)O2)C[C@H]1OC. The van der Waals surface area contributed by atoms with Crippen molar-refractivity contribution in [2.75, 3.05) is 87.8 Å². The van der Waals surface area contributed by atoms with Gasteiger partial charge in [0.1, 0.15) is 36.2 Å². The number of rotatable bonds is 18. The van der Waals surface area contributed by atoms with E-state index in [0.717, 1.165) is 18.4 Å². The number of carbonyl (C=O) groups is 5. The molecule has 4 heterocycles. The highest BCUT2D eigenvalue weighted by Gasteiger charge is 2.53. The van der Waals surface area contributed by atoms with E-state index in [2.05, 4.69) is 0 Å². The van der Waals surface area contributed by atoms with E-state index in [4.69, 9.17) is 52.1 Å². The number of hydrogen-bond acceptors (Lipinski definition) is 17. The van der Waals surface area contributed by atoms with Gasteiger partial charge in [-0.25, -0.2) is 4.79 Å². The highest BCUT2D eigenvalue weighted by molar-refractivity contribution is 6.39. The number of fused-ring (bicyclic) bond motifs is 3. The second kappa shape index (κ2) is 33.5. The van der Waals surface area contributed by atoms with Gasteiger partial charge in [0.25, 0.3) is 11.7 Å². The average Bonchev–Trinajstić information content (AvgIpc) is 3.49. The predicted molar refractivity (Wildman–Crippen MR) is 296 cm³/mol. The van der Waals surface area contributed by atoms with E-state index in [1.54, 1.807) is 34.1 Å². The van der Waals surface area contributed by atoms with Crippen molar-refractivity contribution >= 4 is 29.2 Å². The van der Waals surface area contributed by atoms with Crippen LogP contribution in [0.5, 0.6) is 0 Å². The van der Waals surface area contributed by atoms with Crippen molar-refractivity contribution in [3.63, 3.8) is 0 Å². The molecule has 0 unspecified atom stereocenters. The molecule has 5 aliphatic rings. The van der Waals surface area contributed by atoms with E-state index in [0.29, 0.717) is 96.8 Å². The van der Waals surface area contributed by atoms with Gasteiger partial charge in [0.15, 0.2) is 5.78 Å². The summed E-state index contributed by atoms with van der Waals surface area (Å²) in [7, 11) is 6.31. The summed E-state index contributed by atoms with van der Waals surface area (Å²) in [5.74, 6) is -7.59. The number of carbonyl (C=O) groups excluding carboxylic acids is 5. The topological polar surface area (TPSA) is 210 Å². The Morgan fingerprint density at radius 3 is 2.15 bits per heavy atom. The molecule has 79 heavy (non-hydrogen) atoms. The number of Topliss-reactive ketones (excluding diaryl/α,β-unsaturated/α-hetero) is 3. The molecular weight excluding hydrogens is 1020 g/mol. The quantitative estimate of drug-likeness (QED) is 0.0617. The van der Waals surface area contributed by atoms with E-state index >= 15 is 0 Å². The fraction of sp³-hybridized carbons (Fsp3) is 0.787. The number of allylic oxidation sites excluding steroid dienone is 6. The molecule has 0 aromatic rings. The van der Waals surface area contributed by atoms with E-state index in [1.807, 2.05) is 65.0 Å². The minimum Gasteiger partial charge on any atom is -0.460 e. The summed E-state index contributed by atoms with van der Waals surface area (Å²) in [6.45, 7) is 16.7. The third kappa shape index (κ3) is 19.5. The molecule has 0 radical (unpaired) electrons. The zero-order chi connectivity index (χ0) is 57.6. The van der Waals surface area contributed by atoms with Gasteiger partial charge in [-0.15, -0.1) is 0 Å². The highest BCUT2D eigenvalue weighted by atomic mass is 16.6. The molecule has 1 amide bonds. The Balaban J connectivity index is 1.44. The standard InChI is InChI=1S/C61H97NO17/c1-39-17-13-12-14-18-40(2)52(77-30-27-73-26-29-75-48-37-74-38-48)35-47-22-20-45(7)61(68,79-47)58(65)59(66)62-24-16-15-19-49(62)60(67)78-53(42(4)33-46-21-23-51(54(34-46)70-9)76-28-25-69-8)36-50(63)41(3)32-44(6)56(71-10)57(72-11)55(64)43(5)31-39/h12-14,17-18,32,39,41-43,45-49,51-54,56-57,68H,15-16,19-31,33-38H2,1-11H3/t39-,41-,42-,43-,45-,46+,47+,49+,51-,52+,53+,54-,56-,57+,61-/m1/s1. The molecule has 4 aliphatic heterocycles. The summed E-state index contributed by atoms with van der Waals surface area (Å²) in [6.07, 6.45) is 13.4. The van der Waals surface area contributed by atoms with Gasteiger partial charge < -0.3 is 62.1 Å². The Morgan fingerprint density at radius 2 is 1.47 bits per heavy atom. The average molecular weight is 1120 g/mol. The van der Waals surface area contributed by atoms with Crippen LogP contribution in [0.4, 0.5) is 0 Å². The predicted octanol–water partition coefficient (Wildman–Crippen LogP) is 7.31. The Bertz CT molecular complexity index is 2050. The normalized spacial score (nSPS) is 34.4. The molecule has 4 fully saturated rings. The first-order chi connectivity index (χ1) is 37.8. The first-order valence-electron chi connectivity index (χ1n) is 29.1. The molecule has 18 heteroatoms. The number of methoxy groups -OCH3 is 4. The molecule has 15 atom stereocenters. The van der Waals surface area contributed by atoms with Crippen molar-refractivity contribution in [2.24, 2.45) is 35.5 Å². The zero-order valence-electron chi connectivity index (χ0n) is 49.4. The van der Waals surface area contributed by atoms with Gasteiger partial charge in [-0.2, -0.15) is 0 Å². The summed E-state index contributed by atoms with van der Waals surface area (Å²) in [4.78, 5) is 73.6. The maximum Gasteiger partial charge on any atom is 0.329 e. The number of amides is 1. The van der Waals surface area contributed by atoms with E-state index in [9.17, 15) is 29.1 Å². The molecule has 3 saturated heterocycles. The van der Waals surface area contributed by atoms with Gasteiger partial charge in [-0.1, -0.05) is 71.1 Å². The number of esters is 1. The molecule has 1 aliphatic carbocycles. The lowest BCUT2D eigenvalue weighted by atomic mass is 9.78. The van der Waals surface area contributed by atoms with Gasteiger partial charge >= 0.3 is 5.97 Å². The van der Waals surface area contributed by atoms with Crippen LogP contribution in [0.15, 0.2) is 47.6 Å². The van der Waals surface area contributed by atoms with Crippen molar-refractivity contribution in [3.05, 3.63) is 47.6 Å². The Hall–Kier alpha value is -3.53. The van der Waals surface area contributed by atoms with Gasteiger partial charge in [-0.05, 0) is 107 Å². The third-order valence-electron chi connectivity index (χ3n) is 16.7. The van der Waals surface area contributed by atoms with Crippen LogP contribution < -0.4 is 0 Å². The lowest BCUT2D eigenvalue weighted by Crippen LogP contribution is -2.61. The second-order valence-corrected chi connectivity index (χ2v) is 22.9. The smallest absolute Gasteiger partial charge is 0.329 e. The summed E-state index contributed by atoms with van der Waals surface area (Å²) in [6, 6.07) is -1.15. The Morgan fingerprint density at radius 1 is 0.747 bits per heavy atom. The number of cyclic esters (lactones) is 1. The number of ether oxygens (including phenoxy) is 11. The number of aliphatic hydroxyl groups is 1. The van der Waals surface area contributed by atoms with E-state index in [1.165, 1.54) is 19.1 Å². The molecule has 5 rings (SSSR count). The molecule has 0 aromatic carbocycles. The molecule has 448 valence electrons. The largest absolute Gasteiger partial charge is 0.460 e. The summed E-state index contributed by atoms with van der Waals surface area (Å²) in [5, 5.41) is 12.3. The maximum absolute atomic E-state index is 14.7. The first-order valence-corrected chi connectivity index (χ1v) is 29.1. The monoisotopic (exact) mass is 1120 g/mol. The summed E-state index contributed by atoms with van der Waals surface area (Å²) in [5.41, 5.74) is 1.50. The Labute approximate surface area is 470 Å². The van der Waals surface area contributed by atoms with Crippen LogP contribution in [0, 0.1) is 35.5 Å². The summed E-state index contributed by atoms with van der Waals surface area (Å²) < 4.78 is 64.9. The number of hydrogen-bond donors (Lipinski definition) is 1. The van der Waals surface area contributed by atoms with E-state index in [-0.39, 0.29) is 86.0 Å². The van der Waals surface area contributed by atoms with Crippen molar-refractivity contribution in [2.45, 2.75) is 186 Å². The van der Waals surface area contributed by atoms with Gasteiger partial charge in [0.2, 0.25) is 5.79 Å². The van der Waals surface area contributed by atoms with Crippen LogP contribution in [0.25, 0.3) is 0 Å². The molecule has 1 saturated carbocycles. The fourth-order valence-corrected chi connectivity index (χ4v) is 11.7. The molecule has 0 spiro atoms. The van der Waals surface area contributed by atoms with Gasteiger partial charge in [0, 0.05) is 65.6 Å². The van der Waals surface area contributed by atoms with Crippen LogP contribution in [-0.2, 0) is 76.1 Å². The van der Waals surface area contributed by atoms with Crippen LogP contribution in [0.3, 0.4) is 0 Å². The van der Waals surface area contributed by atoms with Crippen LogP contribution in [0.1, 0.15) is 126 Å². The Kier molecular flexibility index (Phi) is 28.1. The fourth-order valence-electron chi connectivity index (χ4n) is 11.7. The molecule has 18 nitrogen and oxygen atoms in total. The van der Waals surface area contributed by atoms with E-state index < -0.39 is 71.8 Å². The lowest BCUT2D eigenvalue weighted by molar-refractivity contribution is -0.266. The minimum absolute atomic E-state index is 0.0296. The molecular formula is C61H97NO17. The van der Waals surface area contributed by atoms with Crippen molar-refractivity contribution < 1.29 is 81.2 Å². The third-order valence-corrected chi connectivity index (χ3v) is 16.7. The zero-order valence-corrected chi connectivity index (χ0v) is 49.4. The van der Waals surface area contributed by atoms with Crippen molar-refractivity contribution in [3.8, 4) is 0 Å². The van der Waals surface area contributed by atoms with Crippen LogP contribution in [0.2, 0.25) is 0 Å². The minimum atomic E-state index is -2.47. The molecule has 1 N–H and O–H groups in total. The van der Waals surface area contributed by atoms with Crippen molar-refractivity contribution in [1.29, 1.82) is 0 Å². The van der Waals surface area contributed by atoms with Crippen LogP contribution in [-0.4, -0.2) is 188 Å². The number of piperidine rings is 1. The number of nitrogens with zero attached hydrogens (tertiary/aromatic N) is 1. The van der Waals surface area contributed by atoms with Gasteiger partial charge in [-0.3, -0.25) is 19.2 Å². The highest BCUT2D eigenvalue weighted by Crippen LogP contribution is 2.38. The second-order valence-electron chi connectivity index (χ2n) is 22.9. The maximum atomic E-state index is 14.7. The lowest BCUT2D eigenvalue weighted by Gasteiger charge is -2.43. The number of ketones is 3. The molecule has 2 bridgehead atoms. The van der Waals surface area contributed by atoms with Crippen molar-refractivity contribution in [1.82, 2.24) is 4.90 Å². The first kappa shape index (κ1) is 66.3.